The van der Waals surface area contributed by atoms with Crippen LogP contribution >= 0.6 is 8.25 Å². The molecule has 0 aliphatic carbocycles. The first-order valence-electron chi connectivity index (χ1n) is 3.96. The highest BCUT2D eigenvalue weighted by molar-refractivity contribution is 7.32. The Morgan fingerprint density at radius 2 is 2.21 bits per heavy atom. The lowest BCUT2D eigenvalue weighted by Gasteiger charge is -1.97. The summed E-state index contributed by atoms with van der Waals surface area (Å²) >= 11 is 0. The van der Waals surface area contributed by atoms with Gasteiger partial charge in [-0.15, -0.1) is 9.42 Å². The maximum atomic E-state index is 10.3. The summed E-state index contributed by atoms with van der Waals surface area (Å²) in [6.07, 6.45) is 0.332. The second kappa shape index (κ2) is 5.46. The minimum Gasteiger partial charge on any atom is -0.198 e. The largest absolute Gasteiger partial charge is 0.695 e. The molecule has 0 saturated carbocycles. The highest BCUT2D eigenvalue weighted by Gasteiger charge is 2.11. The van der Waals surface area contributed by atoms with Gasteiger partial charge in [-0.05, 0) is 11.1 Å². The maximum Gasteiger partial charge on any atom is 0.695 e. The lowest BCUT2D eigenvalue weighted by molar-refractivity contribution is 0.272. The Balaban J connectivity index is 2.64. The third kappa shape index (κ3) is 3.63. The van der Waals surface area contributed by atoms with Crippen LogP contribution in [0.2, 0.25) is 0 Å². The van der Waals surface area contributed by atoms with E-state index in [1.807, 2.05) is 12.1 Å². The SMILES string of the molecule is N#CCc1cccc(CO[P+](=O)O)c1. The summed E-state index contributed by atoms with van der Waals surface area (Å²) in [6.45, 7) is 0.0883. The number of nitriles is 1. The average molecular weight is 210 g/mol. The number of benzene rings is 1. The minimum atomic E-state index is -2.56. The molecule has 0 aliphatic heterocycles. The number of nitrogens with zero attached hydrogens (tertiary/aromatic N) is 1. The summed E-state index contributed by atoms with van der Waals surface area (Å²) in [5, 5.41) is 8.46. The molecule has 0 aliphatic rings. The van der Waals surface area contributed by atoms with Gasteiger partial charge in [-0.25, -0.2) is 0 Å². The van der Waals surface area contributed by atoms with Gasteiger partial charge in [-0.3, -0.25) is 0 Å². The van der Waals surface area contributed by atoms with Crippen molar-refractivity contribution in [3.63, 3.8) is 0 Å². The van der Waals surface area contributed by atoms with Crippen molar-refractivity contribution in [2.45, 2.75) is 13.0 Å². The van der Waals surface area contributed by atoms with E-state index in [9.17, 15) is 4.57 Å². The summed E-state index contributed by atoms with van der Waals surface area (Å²) in [6, 6.07) is 9.20. The summed E-state index contributed by atoms with van der Waals surface area (Å²) in [7, 11) is -2.56. The molecule has 1 unspecified atom stereocenters. The predicted molar refractivity (Wildman–Crippen MR) is 50.4 cm³/mol. The molecule has 0 amide bonds. The Morgan fingerprint density at radius 3 is 2.86 bits per heavy atom. The van der Waals surface area contributed by atoms with Crippen LogP contribution in [0.1, 0.15) is 11.1 Å². The van der Waals surface area contributed by atoms with Gasteiger partial charge in [-0.2, -0.15) is 5.26 Å². The molecule has 1 aromatic carbocycles. The standard InChI is InChI=1S/C9H8NO3P/c10-5-4-8-2-1-3-9(6-8)7-13-14(11)12/h1-3,6H,4,7H2/p+1. The first-order valence-corrected chi connectivity index (χ1v) is 5.09. The third-order valence-corrected chi connectivity index (χ3v) is 1.97. The molecular weight excluding hydrogens is 201 g/mol. The maximum absolute atomic E-state index is 10.3. The monoisotopic (exact) mass is 210 g/mol. The van der Waals surface area contributed by atoms with Gasteiger partial charge in [0.15, 0.2) is 0 Å². The molecule has 72 valence electrons. The summed E-state index contributed by atoms with van der Waals surface area (Å²) < 4.78 is 14.8. The van der Waals surface area contributed by atoms with Gasteiger partial charge in [0.25, 0.3) is 0 Å². The Kier molecular flexibility index (Phi) is 4.21. The molecule has 0 aromatic heterocycles. The zero-order valence-corrected chi connectivity index (χ0v) is 8.28. The van der Waals surface area contributed by atoms with Crippen LogP contribution in [0.4, 0.5) is 0 Å². The molecule has 0 fully saturated rings. The van der Waals surface area contributed by atoms with Gasteiger partial charge < -0.3 is 0 Å². The fourth-order valence-corrected chi connectivity index (χ4v) is 1.31. The van der Waals surface area contributed by atoms with E-state index in [-0.39, 0.29) is 6.61 Å². The van der Waals surface area contributed by atoms with Crippen molar-refractivity contribution in [3.8, 4) is 6.07 Å². The molecule has 1 atom stereocenters. The molecule has 0 radical (unpaired) electrons. The topological polar surface area (TPSA) is 70.3 Å². The zero-order valence-electron chi connectivity index (χ0n) is 7.38. The van der Waals surface area contributed by atoms with Crippen LogP contribution in [0.5, 0.6) is 0 Å². The Hall–Kier alpha value is -1.27. The van der Waals surface area contributed by atoms with E-state index in [1.165, 1.54) is 0 Å². The minimum absolute atomic E-state index is 0.0883. The molecule has 1 aromatic rings. The summed E-state index contributed by atoms with van der Waals surface area (Å²) in [5.74, 6) is 0. The van der Waals surface area contributed by atoms with E-state index in [4.69, 9.17) is 10.2 Å². The van der Waals surface area contributed by atoms with Gasteiger partial charge >= 0.3 is 8.25 Å². The molecule has 1 N–H and O–H groups in total. The van der Waals surface area contributed by atoms with E-state index >= 15 is 0 Å². The van der Waals surface area contributed by atoms with Gasteiger partial charge in [0.2, 0.25) is 0 Å². The first kappa shape index (κ1) is 10.8. The van der Waals surface area contributed by atoms with E-state index in [0.717, 1.165) is 11.1 Å². The van der Waals surface area contributed by atoms with Crippen LogP contribution < -0.4 is 0 Å². The molecule has 1 rings (SSSR count). The van der Waals surface area contributed by atoms with Crippen molar-refractivity contribution in [1.82, 2.24) is 0 Å². The third-order valence-electron chi connectivity index (χ3n) is 1.62. The van der Waals surface area contributed by atoms with Gasteiger partial charge in [0, 0.05) is 4.57 Å². The van der Waals surface area contributed by atoms with E-state index in [0.29, 0.717) is 6.42 Å². The van der Waals surface area contributed by atoms with Crippen molar-refractivity contribution in [1.29, 1.82) is 5.26 Å². The molecule has 14 heavy (non-hydrogen) atoms. The molecule has 4 nitrogen and oxygen atoms in total. The van der Waals surface area contributed by atoms with Gasteiger partial charge in [0.1, 0.15) is 6.61 Å². The second-order valence-electron chi connectivity index (χ2n) is 2.67. The fourth-order valence-electron chi connectivity index (χ4n) is 1.05. The normalized spacial score (nSPS) is 10.7. The lowest BCUT2D eigenvalue weighted by atomic mass is 10.1. The fraction of sp³-hybridized carbons (Fsp3) is 0.222. The number of rotatable bonds is 4. The van der Waals surface area contributed by atoms with Crippen molar-refractivity contribution >= 4 is 8.25 Å². The highest BCUT2D eigenvalue weighted by Crippen LogP contribution is 2.18. The predicted octanol–water partition coefficient (Wildman–Crippen LogP) is 1.92. The Morgan fingerprint density at radius 1 is 1.50 bits per heavy atom. The van der Waals surface area contributed by atoms with Crippen molar-refractivity contribution in [2.75, 3.05) is 0 Å². The Bertz CT molecular complexity index is 373. The summed E-state index contributed by atoms with van der Waals surface area (Å²) in [4.78, 5) is 8.42. The quantitative estimate of drug-likeness (QED) is 0.770. The van der Waals surface area contributed by atoms with Crippen molar-refractivity contribution in [2.24, 2.45) is 0 Å². The van der Waals surface area contributed by atoms with Crippen LogP contribution in [0.15, 0.2) is 24.3 Å². The zero-order chi connectivity index (χ0) is 10.4. The van der Waals surface area contributed by atoms with Crippen LogP contribution in [0, 0.1) is 11.3 Å². The average Bonchev–Trinajstić information content (AvgIpc) is 2.16. The van der Waals surface area contributed by atoms with Crippen LogP contribution in [-0.4, -0.2) is 4.89 Å². The molecule has 0 bridgehead atoms. The van der Waals surface area contributed by atoms with Crippen LogP contribution in [-0.2, 0) is 22.1 Å². The summed E-state index contributed by atoms with van der Waals surface area (Å²) in [5.41, 5.74) is 1.66. The molecular formula is C9H9NO3P+. The smallest absolute Gasteiger partial charge is 0.198 e. The molecule has 0 saturated heterocycles. The van der Waals surface area contributed by atoms with Crippen molar-refractivity contribution < 1.29 is 14.0 Å². The van der Waals surface area contributed by atoms with E-state index in [2.05, 4.69) is 4.52 Å². The first-order chi connectivity index (χ1) is 6.72. The van der Waals surface area contributed by atoms with Gasteiger partial charge in [-0.1, -0.05) is 24.3 Å². The van der Waals surface area contributed by atoms with E-state index in [1.54, 1.807) is 18.2 Å². The number of hydrogen-bond donors (Lipinski definition) is 1. The molecule has 5 heteroatoms. The molecule has 0 heterocycles. The molecule has 0 spiro atoms. The van der Waals surface area contributed by atoms with Gasteiger partial charge in [0.05, 0.1) is 12.5 Å². The lowest BCUT2D eigenvalue weighted by Crippen LogP contribution is -1.88. The van der Waals surface area contributed by atoms with Crippen molar-refractivity contribution in [3.05, 3.63) is 35.4 Å². The number of hydrogen-bond acceptors (Lipinski definition) is 3. The Labute approximate surface area is 82.7 Å². The van der Waals surface area contributed by atoms with Crippen LogP contribution in [0.25, 0.3) is 0 Å². The highest BCUT2D eigenvalue weighted by atomic mass is 31.1. The van der Waals surface area contributed by atoms with E-state index < -0.39 is 8.25 Å². The van der Waals surface area contributed by atoms with Crippen LogP contribution in [0.3, 0.4) is 0 Å². The second-order valence-corrected chi connectivity index (χ2v) is 3.40.